The molecular formula is C14H18FNO4. The number of nitrogens with zero attached hydrogens (tertiary/aromatic N) is 1. The van der Waals surface area contributed by atoms with E-state index in [2.05, 4.69) is 0 Å². The van der Waals surface area contributed by atoms with Gasteiger partial charge in [0.2, 0.25) is 0 Å². The summed E-state index contributed by atoms with van der Waals surface area (Å²) in [5.41, 5.74) is -1.16. The van der Waals surface area contributed by atoms with E-state index in [1.165, 1.54) is 29.2 Å². The summed E-state index contributed by atoms with van der Waals surface area (Å²) in [5.74, 6) is -0.238. The fourth-order valence-corrected chi connectivity index (χ4v) is 2.02. The van der Waals surface area contributed by atoms with Crippen LogP contribution in [-0.2, 0) is 4.79 Å². The van der Waals surface area contributed by atoms with Gasteiger partial charge < -0.3 is 19.8 Å². The van der Waals surface area contributed by atoms with Crippen LogP contribution in [-0.4, -0.2) is 52.4 Å². The van der Waals surface area contributed by atoms with Crippen LogP contribution < -0.4 is 4.74 Å². The summed E-state index contributed by atoms with van der Waals surface area (Å²) >= 11 is 0. The summed E-state index contributed by atoms with van der Waals surface area (Å²) in [4.78, 5) is 13.4. The highest BCUT2D eigenvalue weighted by Crippen LogP contribution is 2.22. The van der Waals surface area contributed by atoms with Crippen molar-refractivity contribution < 1.29 is 24.1 Å². The minimum atomic E-state index is -1.16. The molecule has 1 aromatic carbocycles. The van der Waals surface area contributed by atoms with E-state index in [-0.39, 0.29) is 24.9 Å². The summed E-state index contributed by atoms with van der Waals surface area (Å²) in [6.45, 7) is 1.82. The van der Waals surface area contributed by atoms with E-state index in [0.29, 0.717) is 18.7 Å². The van der Waals surface area contributed by atoms with E-state index < -0.39 is 11.7 Å². The SMILES string of the molecule is C[C@]1(O)CCN(C(=O)COc2ccc(F)cc2)C[C@@H]1O. The number of ether oxygens (including phenoxy) is 1. The number of piperidine rings is 1. The molecule has 0 bridgehead atoms. The van der Waals surface area contributed by atoms with Gasteiger partial charge in [0.25, 0.3) is 5.91 Å². The van der Waals surface area contributed by atoms with Crippen LogP contribution in [0.4, 0.5) is 4.39 Å². The molecule has 0 spiro atoms. The smallest absolute Gasteiger partial charge is 0.260 e. The predicted molar refractivity (Wildman–Crippen MR) is 69.7 cm³/mol. The summed E-state index contributed by atoms with van der Waals surface area (Å²) in [6.07, 6.45) is -0.651. The maximum atomic E-state index is 12.7. The second kappa shape index (κ2) is 5.76. The highest BCUT2D eigenvalue weighted by Gasteiger charge is 2.37. The maximum absolute atomic E-state index is 12.7. The molecule has 1 fully saturated rings. The molecule has 2 atom stereocenters. The van der Waals surface area contributed by atoms with E-state index in [9.17, 15) is 19.4 Å². The zero-order valence-electron chi connectivity index (χ0n) is 11.3. The molecule has 110 valence electrons. The van der Waals surface area contributed by atoms with Gasteiger partial charge in [-0.2, -0.15) is 0 Å². The lowest BCUT2D eigenvalue weighted by atomic mass is 9.91. The average Bonchev–Trinajstić information content (AvgIpc) is 2.41. The van der Waals surface area contributed by atoms with E-state index in [1.807, 2.05) is 0 Å². The number of amides is 1. The minimum Gasteiger partial charge on any atom is -0.484 e. The first-order chi connectivity index (χ1) is 9.38. The zero-order chi connectivity index (χ0) is 14.8. The molecule has 0 aliphatic carbocycles. The van der Waals surface area contributed by atoms with Gasteiger partial charge in [-0.05, 0) is 37.6 Å². The first-order valence-electron chi connectivity index (χ1n) is 6.45. The van der Waals surface area contributed by atoms with Gasteiger partial charge in [-0.3, -0.25) is 4.79 Å². The van der Waals surface area contributed by atoms with Gasteiger partial charge >= 0.3 is 0 Å². The molecule has 1 aliphatic heterocycles. The minimum absolute atomic E-state index is 0.0820. The highest BCUT2D eigenvalue weighted by atomic mass is 19.1. The van der Waals surface area contributed by atoms with Gasteiger partial charge in [-0.25, -0.2) is 4.39 Å². The Labute approximate surface area is 116 Å². The zero-order valence-corrected chi connectivity index (χ0v) is 11.3. The van der Waals surface area contributed by atoms with Crippen LogP contribution in [0.25, 0.3) is 0 Å². The maximum Gasteiger partial charge on any atom is 0.260 e. The van der Waals surface area contributed by atoms with Crippen molar-refractivity contribution >= 4 is 5.91 Å². The Kier molecular flexibility index (Phi) is 4.25. The average molecular weight is 283 g/mol. The van der Waals surface area contributed by atoms with Crippen LogP contribution in [0.5, 0.6) is 5.75 Å². The first-order valence-corrected chi connectivity index (χ1v) is 6.45. The van der Waals surface area contributed by atoms with Crippen molar-refractivity contribution in [1.29, 1.82) is 0 Å². The van der Waals surface area contributed by atoms with E-state index in [0.717, 1.165) is 0 Å². The number of rotatable bonds is 3. The molecule has 1 aliphatic rings. The molecule has 0 radical (unpaired) electrons. The van der Waals surface area contributed by atoms with Crippen molar-refractivity contribution in [3.63, 3.8) is 0 Å². The molecule has 2 N–H and O–H groups in total. The van der Waals surface area contributed by atoms with Crippen LogP contribution in [0.1, 0.15) is 13.3 Å². The Morgan fingerprint density at radius 2 is 2.15 bits per heavy atom. The summed E-state index contributed by atoms with van der Waals surface area (Å²) in [7, 11) is 0. The van der Waals surface area contributed by atoms with Crippen molar-refractivity contribution in [3.05, 3.63) is 30.1 Å². The van der Waals surface area contributed by atoms with Gasteiger partial charge in [-0.15, -0.1) is 0 Å². The van der Waals surface area contributed by atoms with Crippen LogP contribution in [0.3, 0.4) is 0 Å². The quantitative estimate of drug-likeness (QED) is 0.850. The third-order valence-electron chi connectivity index (χ3n) is 3.53. The Bertz CT molecular complexity index is 475. The first kappa shape index (κ1) is 14.7. The number of halogens is 1. The molecule has 0 unspecified atom stereocenters. The number of likely N-dealkylation sites (tertiary alicyclic amines) is 1. The van der Waals surface area contributed by atoms with Crippen LogP contribution in [0.15, 0.2) is 24.3 Å². The van der Waals surface area contributed by atoms with Gasteiger partial charge in [0.15, 0.2) is 6.61 Å². The molecule has 1 aromatic rings. The fourth-order valence-electron chi connectivity index (χ4n) is 2.02. The number of carbonyl (C=O) groups is 1. The number of benzene rings is 1. The summed E-state index contributed by atoms with van der Waals surface area (Å²) in [5, 5.41) is 19.6. The number of hydrogen-bond donors (Lipinski definition) is 2. The lowest BCUT2D eigenvalue weighted by molar-refractivity contribution is -0.148. The van der Waals surface area contributed by atoms with Gasteiger partial charge in [0, 0.05) is 13.1 Å². The molecular weight excluding hydrogens is 265 g/mol. The summed E-state index contributed by atoms with van der Waals surface area (Å²) in [6, 6.07) is 5.39. The topological polar surface area (TPSA) is 70.0 Å². The normalized spacial score (nSPS) is 26.4. The Balaban J connectivity index is 1.85. The Hall–Kier alpha value is -1.66. The van der Waals surface area contributed by atoms with Gasteiger partial charge in [-0.1, -0.05) is 0 Å². The number of aliphatic hydroxyl groups excluding tert-OH is 1. The van der Waals surface area contributed by atoms with Crippen molar-refractivity contribution in [3.8, 4) is 5.75 Å². The molecule has 0 aromatic heterocycles. The Morgan fingerprint density at radius 1 is 1.50 bits per heavy atom. The third kappa shape index (κ3) is 3.46. The molecule has 2 rings (SSSR count). The second-order valence-corrected chi connectivity index (χ2v) is 5.21. The molecule has 1 saturated heterocycles. The van der Waals surface area contributed by atoms with Gasteiger partial charge in [0.1, 0.15) is 11.6 Å². The number of carbonyl (C=O) groups excluding carboxylic acids is 1. The summed E-state index contributed by atoms with van der Waals surface area (Å²) < 4.78 is 18.0. The molecule has 1 amide bonds. The lowest BCUT2D eigenvalue weighted by Crippen LogP contribution is -2.56. The number of hydrogen-bond acceptors (Lipinski definition) is 4. The molecule has 5 nitrogen and oxygen atoms in total. The van der Waals surface area contributed by atoms with Crippen molar-refractivity contribution in [1.82, 2.24) is 4.90 Å². The molecule has 0 saturated carbocycles. The number of aliphatic hydroxyl groups is 2. The van der Waals surface area contributed by atoms with E-state index in [1.54, 1.807) is 6.92 Å². The van der Waals surface area contributed by atoms with Gasteiger partial charge in [0.05, 0.1) is 11.7 Å². The molecule has 1 heterocycles. The largest absolute Gasteiger partial charge is 0.484 e. The van der Waals surface area contributed by atoms with E-state index >= 15 is 0 Å². The third-order valence-corrected chi connectivity index (χ3v) is 3.53. The molecule has 6 heteroatoms. The monoisotopic (exact) mass is 283 g/mol. The van der Waals surface area contributed by atoms with Crippen molar-refractivity contribution in [2.75, 3.05) is 19.7 Å². The van der Waals surface area contributed by atoms with E-state index in [4.69, 9.17) is 4.74 Å². The fraction of sp³-hybridized carbons (Fsp3) is 0.500. The predicted octanol–water partition coefficient (Wildman–Crippen LogP) is 0.549. The second-order valence-electron chi connectivity index (χ2n) is 5.21. The van der Waals surface area contributed by atoms with Crippen molar-refractivity contribution in [2.45, 2.75) is 25.0 Å². The highest BCUT2D eigenvalue weighted by molar-refractivity contribution is 5.78. The van der Waals surface area contributed by atoms with Crippen LogP contribution in [0, 0.1) is 5.82 Å². The van der Waals surface area contributed by atoms with Crippen LogP contribution in [0.2, 0.25) is 0 Å². The van der Waals surface area contributed by atoms with Crippen LogP contribution >= 0.6 is 0 Å². The molecule has 20 heavy (non-hydrogen) atoms. The number of β-amino-alcohol motifs (C(OH)–C–C–N with tert-alkyl or cyclic N) is 1. The Morgan fingerprint density at radius 3 is 2.75 bits per heavy atom. The lowest BCUT2D eigenvalue weighted by Gasteiger charge is -2.39. The van der Waals surface area contributed by atoms with Crippen molar-refractivity contribution in [2.24, 2.45) is 0 Å². The standard InChI is InChI=1S/C14H18FNO4/c1-14(19)6-7-16(8-12(14)17)13(18)9-20-11-4-2-10(15)3-5-11/h2-5,12,17,19H,6-9H2,1H3/t12-,14-/m0/s1.